The third kappa shape index (κ3) is 2.27. The summed E-state index contributed by atoms with van der Waals surface area (Å²) in [5.74, 6) is -0.141. The number of amides is 1. The smallest absolute Gasteiger partial charge is 0.245 e. The predicted octanol–water partition coefficient (Wildman–Crippen LogP) is 1.86. The van der Waals surface area contributed by atoms with Crippen LogP contribution in [0, 0.1) is 5.41 Å². The van der Waals surface area contributed by atoms with Gasteiger partial charge in [0.1, 0.15) is 11.3 Å². The number of ether oxygens (including phenoxy) is 1. The number of phenolic OH excluding ortho intramolecular Hbond substituents is 1. The molecule has 0 aromatic heterocycles. The van der Waals surface area contributed by atoms with E-state index in [4.69, 9.17) is 10.5 Å². The summed E-state index contributed by atoms with van der Waals surface area (Å²) in [5.41, 5.74) is 5.43. The Labute approximate surface area is 119 Å². The first-order valence-electron chi connectivity index (χ1n) is 6.82. The fourth-order valence-corrected chi connectivity index (χ4v) is 2.65. The van der Waals surface area contributed by atoms with Crippen LogP contribution in [0.5, 0.6) is 5.75 Å². The molecule has 5 heteroatoms. The molecular formula is C15H22N2O3. The molecule has 1 amide bonds. The number of carbonyl (C=O) groups excluding carboxylic acids is 1. The highest BCUT2D eigenvalue weighted by Crippen LogP contribution is 2.50. The number of anilines is 1. The molecule has 2 rings (SSSR count). The van der Waals surface area contributed by atoms with Crippen LogP contribution in [0.25, 0.3) is 0 Å². The second kappa shape index (κ2) is 5.07. The Morgan fingerprint density at radius 2 is 2.25 bits per heavy atom. The van der Waals surface area contributed by atoms with Gasteiger partial charge in [-0.05, 0) is 19.1 Å². The van der Waals surface area contributed by atoms with E-state index in [-0.39, 0.29) is 17.8 Å². The van der Waals surface area contributed by atoms with Crippen LogP contribution < -0.4 is 11.1 Å². The summed E-state index contributed by atoms with van der Waals surface area (Å²) >= 11 is 0. The van der Waals surface area contributed by atoms with Crippen molar-refractivity contribution in [2.24, 2.45) is 11.1 Å². The van der Waals surface area contributed by atoms with Crippen LogP contribution >= 0.6 is 0 Å². The molecule has 0 bridgehead atoms. The van der Waals surface area contributed by atoms with E-state index in [0.717, 1.165) is 0 Å². The first-order valence-corrected chi connectivity index (χ1v) is 6.82. The highest BCUT2D eigenvalue weighted by molar-refractivity contribution is 5.99. The molecular weight excluding hydrogens is 256 g/mol. The summed E-state index contributed by atoms with van der Waals surface area (Å²) in [4.78, 5) is 12.4. The van der Waals surface area contributed by atoms with E-state index in [0.29, 0.717) is 18.7 Å². The molecule has 1 aromatic rings. The Kier molecular flexibility index (Phi) is 3.75. The van der Waals surface area contributed by atoms with Gasteiger partial charge in [-0.15, -0.1) is 0 Å². The van der Waals surface area contributed by atoms with Crippen molar-refractivity contribution in [2.45, 2.75) is 38.8 Å². The normalized spacial score (nSPS) is 27.7. The Hall–Kier alpha value is -1.59. The van der Waals surface area contributed by atoms with Crippen molar-refractivity contribution in [2.75, 3.05) is 11.9 Å². The van der Waals surface area contributed by atoms with Crippen LogP contribution in [0.4, 0.5) is 5.69 Å². The number of rotatable bonds is 4. The molecule has 0 aliphatic heterocycles. The molecule has 0 spiro atoms. The van der Waals surface area contributed by atoms with Gasteiger partial charge in [0.2, 0.25) is 5.91 Å². The van der Waals surface area contributed by atoms with Crippen LogP contribution in [-0.4, -0.2) is 29.3 Å². The van der Waals surface area contributed by atoms with Crippen molar-refractivity contribution in [1.29, 1.82) is 0 Å². The summed E-state index contributed by atoms with van der Waals surface area (Å²) in [6.07, 6.45) is 0.491. The molecule has 20 heavy (non-hydrogen) atoms. The molecule has 1 aromatic carbocycles. The maximum absolute atomic E-state index is 12.4. The molecule has 1 saturated carbocycles. The topological polar surface area (TPSA) is 84.6 Å². The number of phenols is 1. The first-order chi connectivity index (χ1) is 9.31. The fraction of sp³-hybridized carbons (Fsp3) is 0.533. The van der Waals surface area contributed by atoms with Gasteiger partial charge in [-0.25, -0.2) is 0 Å². The number of nitrogens with two attached hydrogens (primary N) is 1. The summed E-state index contributed by atoms with van der Waals surface area (Å²) in [6.45, 7) is 6.43. The minimum atomic E-state index is -0.960. The fourth-order valence-electron chi connectivity index (χ4n) is 2.65. The number of hydrogen-bond donors (Lipinski definition) is 3. The average Bonchev–Trinajstić information content (AvgIpc) is 2.38. The molecule has 0 saturated heterocycles. The second-order valence-corrected chi connectivity index (χ2v) is 5.85. The largest absolute Gasteiger partial charge is 0.508 e. The SMILES string of the molecule is CCOC1CC(N)(C(=O)Nc2cccc(O)c2)C1(C)C. The van der Waals surface area contributed by atoms with Gasteiger partial charge in [-0.1, -0.05) is 19.9 Å². The minimum Gasteiger partial charge on any atom is -0.508 e. The maximum atomic E-state index is 12.4. The van der Waals surface area contributed by atoms with Crippen LogP contribution in [0.15, 0.2) is 24.3 Å². The zero-order valence-corrected chi connectivity index (χ0v) is 12.1. The van der Waals surface area contributed by atoms with Crippen molar-refractivity contribution < 1.29 is 14.6 Å². The molecule has 1 aliphatic rings. The molecule has 0 heterocycles. The van der Waals surface area contributed by atoms with Gasteiger partial charge in [-0.3, -0.25) is 4.79 Å². The molecule has 5 nitrogen and oxygen atoms in total. The van der Waals surface area contributed by atoms with Gasteiger partial charge in [0.15, 0.2) is 0 Å². The zero-order chi connectivity index (χ0) is 15.0. The van der Waals surface area contributed by atoms with E-state index in [1.807, 2.05) is 20.8 Å². The molecule has 2 atom stereocenters. The lowest BCUT2D eigenvalue weighted by molar-refractivity contribution is -0.166. The Morgan fingerprint density at radius 1 is 1.55 bits per heavy atom. The quantitative estimate of drug-likeness (QED) is 0.785. The highest BCUT2D eigenvalue weighted by Gasteiger charge is 2.62. The molecule has 0 radical (unpaired) electrons. The Bertz CT molecular complexity index is 516. The van der Waals surface area contributed by atoms with Gasteiger partial charge < -0.3 is 20.9 Å². The third-order valence-electron chi connectivity index (χ3n) is 4.34. The molecule has 1 aliphatic carbocycles. The van der Waals surface area contributed by atoms with Gasteiger partial charge in [0, 0.05) is 30.2 Å². The molecule has 1 fully saturated rings. The number of carbonyl (C=O) groups is 1. The van der Waals surface area contributed by atoms with Gasteiger partial charge >= 0.3 is 0 Å². The highest BCUT2D eigenvalue weighted by atomic mass is 16.5. The van der Waals surface area contributed by atoms with Gasteiger partial charge in [0.05, 0.1) is 6.10 Å². The minimum absolute atomic E-state index is 0.00701. The van der Waals surface area contributed by atoms with E-state index in [1.165, 1.54) is 6.07 Å². The van der Waals surface area contributed by atoms with E-state index < -0.39 is 11.0 Å². The van der Waals surface area contributed by atoms with Crippen LogP contribution in [-0.2, 0) is 9.53 Å². The molecule has 2 unspecified atom stereocenters. The third-order valence-corrected chi connectivity index (χ3v) is 4.34. The average molecular weight is 278 g/mol. The van der Waals surface area contributed by atoms with E-state index in [2.05, 4.69) is 5.32 Å². The van der Waals surface area contributed by atoms with E-state index in [1.54, 1.807) is 18.2 Å². The van der Waals surface area contributed by atoms with E-state index >= 15 is 0 Å². The number of hydrogen-bond acceptors (Lipinski definition) is 4. The van der Waals surface area contributed by atoms with Crippen LogP contribution in [0.3, 0.4) is 0 Å². The van der Waals surface area contributed by atoms with Crippen LogP contribution in [0.1, 0.15) is 27.2 Å². The molecule has 4 N–H and O–H groups in total. The summed E-state index contributed by atoms with van der Waals surface area (Å²) < 4.78 is 5.61. The maximum Gasteiger partial charge on any atom is 0.245 e. The summed E-state index contributed by atoms with van der Waals surface area (Å²) in [6, 6.07) is 6.43. The Balaban J connectivity index is 2.10. The van der Waals surface area contributed by atoms with Crippen molar-refractivity contribution in [1.82, 2.24) is 0 Å². The zero-order valence-electron chi connectivity index (χ0n) is 12.1. The lowest BCUT2D eigenvalue weighted by Crippen LogP contribution is -2.74. The first kappa shape index (κ1) is 14.8. The van der Waals surface area contributed by atoms with Crippen molar-refractivity contribution >= 4 is 11.6 Å². The number of nitrogens with one attached hydrogen (secondary N) is 1. The lowest BCUT2D eigenvalue weighted by Gasteiger charge is -2.57. The monoisotopic (exact) mass is 278 g/mol. The van der Waals surface area contributed by atoms with Gasteiger partial charge in [0.25, 0.3) is 0 Å². The van der Waals surface area contributed by atoms with Crippen molar-refractivity contribution in [3.05, 3.63) is 24.3 Å². The van der Waals surface area contributed by atoms with Gasteiger partial charge in [-0.2, -0.15) is 0 Å². The predicted molar refractivity (Wildman–Crippen MR) is 77.5 cm³/mol. The summed E-state index contributed by atoms with van der Waals surface area (Å²) in [5, 5.41) is 12.2. The molecule has 110 valence electrons. The second-order valence-electron chi connectivity index (χ2n) is 5.85. The Morgan fingerprint density at radius 3 is 2.80 bits per heavy atom. The number of benzene rings is 1. The lowest BCUT2D eigenvalue weighted by atomic mass is 9.54. The number of aromatic hydroxyl groups is 1. The van der Waals surface area contributed by atoms with Crippen molar-refractivity contribution in [3.8, 4) is 5.75 Å². The van der Waals surface area contributed by atoms with Crippen LogP contribution in [0.2, 0.25) is 0 Å². The van der Waals surface area contributed by atoms with Crippen molar-refractivity contribution in [3.63, 3.8) is 0 Å². The standard InChI is InChI=1S/C15H22N2O3/c1-4-20-12-9-15(16,14(12,2)3)13(19)17-10-6-5-7-11(18)8-10/h5-8,12,18H,4,9,16H2,1-3H3,(H,17,19). The summed E-state index contributed by atoms with van der Waals surface area (Å²) in [7, 11) is 0. The van der Waals surface area contributed by atoms with E-state index in [9.17, 15) is 9.90 Å².